The second-order valence-corrected chi connectivity index (χ2v) is 9.48. The van der Waals surface area contributed by atoms with Gasteiger partial charge in [-0.3, -0.25) is 19.1 Å². The Morgan fingerprint density at radius 1 is 1.09 bits per heavy atom. The van der Waals surface area contributed by atoms with Crippen LogP contribution >= 0.6 is 11.8 Å². The summed E-state index contributed by atoms with van der Waals surface area (Å²) in [5.41, 5.74) is 1.44. The highest BCUT2D eigenvalue weighted by Crippen LogP contribution is 2.25. The number of hydrogen-bond acceptors (Lipinski definition) is 6. The molecule has 2 aromatic carbocycles. The van der Waals surface area contributed by atoms with E-state index < -0.39 is 5.25 Å². The van der Waals surface area contributed by atoms with E-state index >= 15 is 0 Å². The lowest BCUT2D eigenvalue weighted by molar-refractivity contribution is -0.117. The first kappa shape index (κ1) is 23.5. The van der Waals surface area contributed by atoms with Crippen molar-refractivity contribution in [1.82, 2.24) is 14.5 Å². The highest BCUT2D eigenvalue weighted by molar-refractivity contribution is 8.00. The fraction of sp³-hybridized carbons (Fsp3) is 0.400. The molecule has 1 aromatic heterocycles. The van der Waals surface area contributed by atoms with Crippen LogP contribution in [0.5, 0.6) is 0 Å². The van der Waals surface area contributed by atoms with E-state index in [2.05, 4.69) is 4.90 Å². The average Bonchev–Trinajstić information content (AvgIpc) is 2.86. The van der Waals surface area contributed by atoms with Gasteiger partial charge in [-0.25, -0.2) is 4.98 Å². The number of amides is 1. The number of thioether (sulfide) groups is 1. The van der Waals surface area contributed by atoms with E-state index in [1.807, 2.05) is 61.5 Å². The Balaban J connectivity index is 1.55. The summed E-state index contributed by atoms with van der Waals surface area (Å²) in [6, 6.07) is 17.0. The molecule has 1 fully saturated rings. The molecule has 1 atom stereocenters. The number of rotatable bonds is 8. The molecule has 0 N–H and O–H groups in total. The third kappa shape index (κ3) is 5.63. The summed E-state index contributed by atoms with van der Waals surface area (Å²) in [6.45, 7) is 6.68. The summed E-state index contributed by atoms with van der Waals surface area (Å²) < 4.78 is 7.16. The molecule has 1 saturated heterocycles. The predicted molar refractivity (Wildman–Crippen MR) is 133 cm³/mol. The molecule has 174 valence electrons. The Bertz CT molecular complexity index is 1150. The molecule has 0 saturated carbocycles. The Hall–Kier alpha value is -2.68. The third-order valence-corrected chi connectivity index (χ3v) is 6.97. The molecule has 3 aromatic rings. The average molecular weight is 467 g/mol. The topological polar surface area (TPSA) is 67.7 Å². The van der Waals surface area contributed by atoms with E-state index in [4.69, 9.17) is 9.72 Å². The first-order valence-corrected chi connectivity index (χ1v) is 12.2. The number of carbonyl (C=O) groups is 1. The lowest BCUT2D eigenvalue weighted by atomic mass is 10.2. The number of ether oxygens (including phenoxy) is 1. The molecule has 4 rings (SSSR count). The van der Waals surface area contributed by atoms with E-state index in [1.165, 1.54) is 11.8 Å². The first-order valence-electron chi connectivity index (χ1n) is 11.3. The number of para-hydroxylation sites is 2. The number of anilines is 1. The summed E-state index contributed by atoms with van der Waals surface area (Å²) in [6.07, 6.45) is 0.833. The monoisotopic (exact) mass is 466 g/mol. The van der Waals surface area contributed by atoms with Gasteiger partial charge in [-0.1, -0.05) is 42.1 Å². The summed E-state index contributed by atoms with van der Waals surface area (Å²) in [7, 11) is 1.78. The second kappa shape index (κ2) is 11.0. The number of benzene rings is 2. The number of morpholine rings is 1. The highest BCUT2D eigenvalue weighted by atomic mass is 32.2. The Morgan fingerprint density at radius 2 is 1.79 bits per heavy atom. The van der Waals surface area contributed by atoms with Crippen LogP contribution in [0.2, 0.25) is 0 Å². The van der Waals surface area contributed by atoms with E-state index in [-0.39, 0.29) is 11.5 Å². The molecule has 1 unspecified atom stereocenters. The van der Waals surface area contributed by atoms with Crippen molar-refractivity contribution in [3.63, 3.8) is 0 Å². The van der Waals surface area contributed by atoms with E-state index in [0.717, 1.165) is 45.0 Å². The molecule has 2 heterocycles. The van der Waals surface area contributed by atoms with Crippen LogP contribution in [0.1, 0.15) is 13.3 Å². The maximum Gasteiger partial charge on any atom is 0.262 e. The Kier molecular flexibility index (Phi) is 7.80. The first-order chi connectivity index (χ1) is 16.0. The van der Waals surface area contributed by atoms with Gasteiger partial charge in [0.2, 0.25) is 5.91 Å². The fourth-order valence-corrected chi connectivity index (χ4v) is 5.00. The molecule has 0 spiro atoms. The molecule has 0 aliphatic carbocycles. The van der Waals surface area contributed by atoms with E-state index in [9.17, 15) is 9.59 Å². The van der Waals surface area contributed by atoms with Crippen molar-refractivity contribution in [3.8, 4) is 0 Å². The quantitative estimate of drug-likeness (QED) is 0.375. The lowest BCUT2D eigenvalue weighted by Gasteiger charge is -2.26. The predicted octanol–water partition coefficient (Wildman–Crippen LogP) is 3.26. The van der Waals surface area contributed by atoms with Gasteiger partial charge in [0.25, 0.3) is 5.56 Å². The zero-order valence-electron chi connectivity index (χ0n) is 19.1. The summed E-state index contributed by atoms with van der Waals surface area (Å²) in [5, 5.41) is 0.797. The van der Waals surface area contributed by atoms with Crippen LogP contribution in [-0.2, 0) is 16.1 Å². The van der Waals surface area contributed by atoms with Gasteiger partial charge in [0.1, 0.15) is 0 Å². The molecule has 1 aliphatic rings. The molecule has 33 heavy (non-hydrogen) atoms. The van der Waals surface area contributed by atoms with Crippen molar-refractivity contribution in [1.29, 1.82) is 0 Å². The van der Waals surface area contributed by atoms with Gasteiger partial charge in [0, 0.05) is 38.9 Å². The Morgan fingerprint density at radius 3 is 2.55 bits per heavy atom. The normalized spacial score (nSPS) is 15.5. The van der Waals surface area contributed by atoms with Gasteiger partial charge >= 0.3 is 0 Å². The van der Waals surface area contributed by atoms with Gasteiger partial charge in [-0.2, -0.15) is 0 Å². The van der Waals surface area contributed by atoms with Crippen molar-refractivity contribution in [2.45, 2.75) is 30.3 Å². The van der Waals surface area contributed by atoms with E-state index in [0.29, 0.717) is 22.6 Å². The summed E-state index contributed by atoms with van der Waals surface area (Å²) >= 11 is 1.34. The minimum atomic E-state index is -0.395. The second-order valence-electron chi connectivity index (χ2n) is 8.17. The maximum absolute atomic E-state index is 13.3. The Labute approximate surface area is 198 Å². The molecular weight excluding hydrogens is 436 g/mol. The van der Waals surface area contributed by atoms with Crippen LogP contribution in [0.25, 0.3) is 10.9 Å². The van der Waals surface area contributed by atoms with Crippen LogP contribution in [0.4, 0.5) is 5.69 Å². The minimum Gasteiger partial charge on any atom is -0.379 e. The van der Waals surface area contributed by atoms with Gasteiger partial charge < -0.3 is 9.64 Å². The van der Waals surface area contributed by atoms with Crippen LogP contribution in [0.15, 0.2) is 64.5 Å². The third-order valence-electron chi connectivity index (χ3n) is 5.89. The highest BCUT2D eigenvalue weighted by Gasteiger charge is 2.23. The number of fused-ring (bicyclic) bond motifs is 1. The molecule has 8 heteroatoms. The zero-order chi connectivity index (χ0) is 23.2. The van der Waals surface area contributed by atoms with E-state index in [1.54, 1.807) is 16.5 Å². The number of carbonyl (C=O) groups excluding carboxylic acids is 1. The summed E-state index contributed by atoms with van der Waals surface area (Å²) in [4.78, 5) is 35.2. The lowest BCUT2D eigenvalue weighted by Crippen LogP contribution is -2.37. The number of nitrogens with zero attached hydrogens (tertiary/aromatic N) is 4. The van der Waals surface area contributed by atoms with Crippen molar-refractivity contribution in [2.24, 2.45) is 0 Å². The van der Waals surface area contributed by atoms with Crippen LogP contribution < -0.4 is 10.5 Å². The van der Waals surface area contributed by atoms with Crippen molar-refractivity contribution in [3.05, 3.63) is 65.0 Å². The molecule has 1 aliphatic heterocycles. The SMILES string of the molecule is CC(Sc1nc2ccccc2c(=O)n1CCCN1CCOCC1)C(=O)N(C)c1ccccc1. The van der Waals surface area contributed by atoms with Crippen molar-refractivity contribution >= 4 is 34.3 Å². The van der Waals surface area contributed by atoms with Crippen molar-refractivity contribution in [2.75, 3.05) is 44.8 Å². The molecule has 0 radical (unpaired) electrons. The standard InChI is InChI=1S/C25H30N4O3S/c1-19(23(30)27(2)20-9-4-3-5-10-20)33-25-26-22-12-7-6-11-21(22)24(31)29(25)14-8-13-28-15-17-32-18-16-28/h3-7,9-12,19H,8,13-18H2,1-2H3. The number of hydrogen-bond donors (Lipinski definition) is 0. The van der Waals surface area contributed by atoms with Crippen LogP contribution in [-0.4, -0.2) is 65.5 Å². The van der Waals surface area contributed by atoms with Crippen LogP contribution in [0, 0.1) is 0 Å². The molecule has 0 bridgehead atoms. The van der Waals surface area contributed by atoms with Gasteiger partial charge in [0.15, 0.2) is 5.16 Å². The fourth-order valence-electron chi connectivity index (χ4n) is 3.97. The molecular formula is C25H30N4O3S. The minimum absolute atomic E-state index is 0.0338. The smallest absolute Gasteiger partial charge is 0.262 e. The van der Waals surface area contributed by atoms with Crippen LogP contribution in [0.3, 0.4) is 0 Å². The van der Waals surface area contributed by atoms with Gasteiger partial charge in [-0.05, 0) is 37.6 Å². The maximum atomic E-state index is 13.3. The van der Waals surface area contributed by atoms with Gasteiger partial charge in [-0.15, -0.1) is 0 Å². The zero-order valence-corrected chi connectivity index (χ0v) is 20.0. The van der Waals surface area contributed by atoms with Gasteiger partial charge in [0.05, 0.1) is 29.4 Å². The molecule has 1 amide bonds. The number of aromatic nitrogens is 2. The largest absolute Gasteiger partial charge is 0.379 e. The van der Waals surface area contributed by atoms with Crippen molar-refractivity contribution < 1.29 is 9.53 Å². The summed E-state index contributed by atoms with van der Waals surface area (Å²) in [5.74, 6) is -0.0338. The molecule has 7 nitrogen and oxygen atoms in total.